The Labute approximate surface area is 203 Å². The Morgan fingerprint density at radius 2 is 1.94 bits per heavy atom. The van der Waals surface area contributed by atoms with Gasteiger partial charge < -0.3 is 9.84 Å². The summed E-state index contributed by atoms with van der Waals surface area (Å²) in [4.78, 5) is 2.66. The lowest BCUT2D eigenvalue weighted by atomic mass is 9.49. The molecule has 1 aliphatic heterocycles. The van der Waals surface area contributed by atoms with Crippen LogP contribution in [0.4, 0.5) is 0 Å². The van der Waals surface area contributed by atoms with Gasteiger partial charge in [-0.1, -0.05) is 25.3 Å². The Morgan fingerprint density at radius 3 is 2.71 bits per heavy atom. The van der Waals surface area contributed by atoms with E-state index < -0.39 is 5.60 Å². The molecule has 1 saturated heterocycles. The highest BCUT2D eigenvalue weighted by Gasteiger charge is 2.65. The maximum Gasteiger partial charge on any atom is 0.119 e. The fourth-order valence-electron chi connectivity index (χ4n) is 8.20. The molecular formula is C29H39N3O2. The summed E-state index contributed by atoms with van der Waals surface area (Å²) in [6.07, 6.45) is 12.7. The molecule has 5 nitrogen and oxygen atoms in total. The van der Waals surface area contributed by atoms with E-state index in [1.807, 2.05) is 0 Å². The van der Waals surface area contributed by atoms with E-state index in [1.165, 1.54) is 73.0 Å². The van der Waals surface area contributed by atoms with Crippen molar-refractivity contribution in [1.82, 2.24) is 14.7 Å². The normalized spacial score (nSPS) is 33.2. The third-order valence-corrected chi connectivity index (χ3v) is 10.3. The van der Waals surface area contributed by atoms with E-state index in [4.69, 9.17) is 9.84 Å². The van der Waals surface area contributed by atoms with Crippen molar-refractivity contribution in [3.8, 4) is 5.75 Å². The van der Waals surface area contributed by atoms with Crippen molar-refractivity contribution in [2.45, 2.75) is 101 Å². The van der Waals surface area contributed by atoms with Crippen LogP contribution in [0.2, 0.25) is 0 Å². The summed E-state index contributed by atoms with van der Waals surface area (Å²) in [6, 6.07) is 7.34. The van der Waals surface area contributed by atoms with Gasteiger partial charge in [-0.2, -0.15) is 5.10 Å². The van der Waals surface area contributed by atoms with E-state index in [-0.39, 0.29) is 11.5 Å². The molecule has 1 aromatic carbocycles. The molecule has 3 atom stereocenters. The van der Waals surface area contributed by atoms with Crippen molar-refractivity contribution in [2.75, 3.05) is 20.2 Å². The number of rotatable bonds is 4. The minimum Gasteiger partial charge on any atom is -0.497 e. The standard InChI is InChI=1S/C29H39N3O2/c1-19-24-16-29(33)27-14-21-10-11-23(34-2)15-25(21)28(29,12-13-31(27)18-20-8-9-20)17-26(24)30-32(19)22-6-4-3-5-7-22/h10-11,15,20,22,27,33H,3-9,12-14,16-18H2,1-2H3/t27-,28-,29-/m1/s1. The van der Waals surface area contributed by atoms with Gasteiger partial charge in [0.2, 0.25) is 0 Å². The molecule has 0 spiro atoms. The zero-order valence-electron chi connectivity index (χ0n) is 20.9. The third-order valence-electron chi connectivity index (χ3n) is 10.3. The van der Waals surface area contributed by atoms with Gasteiger partial charge in [0.1, 0.15) is 5.75 Å². The summed E-state index contributed by atoms with van der Waals surface area (Å²) in [7, 11) is 1.75. The van der Waals surface area contributed by atoms with Gasteiger partial charge in [0.25, 0.3) is 0 Å². The van der Waals surface area contributed by atoms with Crippen LogP contribution >= 0.6 is 0 Å². The van der Waals surface area contributed by atoms with Gasteiger partial charge in [0, 0.05) is 36.5 Å². The second kappa shape index (κ2) is 7.57. The van der Waals surface area contributed by atoms with Crippen molar-refractivity contribution in [1.29, 1.82) is 0 Å². The van der Waals surface area contributed by atoms with E-state index in [2.05, 4.69) is 34.7 Å². The Kier molecular flexibility index (Phi) is 4.77. The summed E-state index contributed by atoms with van der Waals surface area (Å²) in [6.45, 7) is 4.50. The summed E-state index contributed by atoms with van der Waals surface area (Å²) in [5.41, 5.74) is 5.61. The molecule has 2 saturated carbocycles. The quantitative estimate of drug-likeness (QED) is 0.728. The van der Waals surface area contributed by atoms with Crippen LogP contribution in [-0.4, -0.2) is 51.6 Å². The van der Waals surface area contributed by atoms with Crippen LogP contribution in [0, 0.1) is 12.8 Å². The van der Waals surface area contributed by atoms with Gasteiger partial charge in [-0.15, -0.1) is 0 Å². The predicted octanol–water partition coefficient (Wildman–Crippen LogP) is 4.51. The van der Waals surface area contributed by atoms with Crippen LogP contribution in [0.5, 0.6) is 5.75 Å². The highest BCUT2D eigenvalue weighted by atomic mass is 16.5. The highest BCUT2D eigenvalue weighted by molar-refractivity contribution is 5.52. The smallest absolute Gasteiger partial charge is 0.119 e. The Morgan fingerprint density at radius 1 is 1.12 bits per heavy atom. The van der Waals surface area contributed by atoms with Gasteiger partial charge in [-0.05, 0) is 86.7 Å². The van der Waals surface area contributed by atoms with Crippen LogP contribution in [0.15, 0.2) is 18.2 Å². The molecule has 4 aliphatic carbocycles. The van der Waals surface area contributed by atoms with Crippen molar-refractivity contribution in [3.05, 3.63) is 46.3 Å². The number of fused-ring (bicyclic) bond motifs is 2. The lowest BCUT2D eigenvalue weighted by Crippen LogP contribution is -2.74. The van der Waals surface area contributed by atoms with E-state index in [0.717, 1.165) is 50.4 Å². The van der Waals surface area contributed by atoms with Gasteiger partial charge in [0.05, 0.1) is 24.4 Å². The first kappa shape index (κ1) is 21.4. The maximum absolute atomic E-state index is 12.8. The molecule has 0 unspecified atom stereocenters. The Bertz CT molecular complexity index is 1110. The van der Waals surface area contributed by atoms with Crippen molar-refractivity contribution < 1.29 is 9.84 Å². The minimum absolute atomic E-state index is 0.188. The molecule has 2 bridgehead atoms. The second-order valence-corrected chi connectivity index (χ2v) is 12.0. The maximum atomic E-state index is 12.8. The average molecular weight is 462 g/mol. The molecular weight excluding hydrogens is 422 g/mol. The van der Waals surface area contributed by atoms with Crippen molar-refractivity contribution in [3.63, 3.8) is 0 Å². The van der Waals surface area contributed by atoms with Gasteiger partial charge in [-0.25, -0.2) is 0 Å². The fourth-order valence-corrected chi connectivity index (χ4v) is 8.20. The van der Waals surface area contributed by atoms with Crippen molar-refractivity contribution >= 4 is 0 Å². The molecule has 3 fully saturated rings. The second-order valence-electron chi connectivity index (χ2n) is 12.0. The van der Waals surface area contributed by atoms with Crippen LogP contribution in [0.1, 0.15) is 85.5 Å². The number of piperidine rings is 1. The topological polar surface area (TPSA) is 50.5 Å². The molecule has 2 aromatic rings. The van der Waals surface area contributed by atoms with Gasteiger partial charge in [-0.3, -0.25) is 9.58 Å². The molecule has 5 aliphatic rings. The molecule has 1 N–H and O–H groups in total. The lowest BCUT2D eigenvalue weighted by Gasteiger charge is -2.63. The number of likely N-dealkylation sites (tertiary alicyclic amines) is 1. The summed E-state index contributed by atoms with van der Waals surface area (Å²) in [5, 5.41) is 18.1. The first-order chi connectivity index (χ1) is 16.5. The average Bonchev–Trinajstić information content (AvgIpc) is 3.62. The first-order valence-electron chi connectivity index (χ1n) is 13.7. The highest BCUT2D eigenvalue weighted by Crippen LogP contribution is 2.58. The first-order valence-corrected chi connectivity index (χ1v) is 13.7. The number of nitrogens with zero attached hydrogens (tertiary/aromatic N) is 3. The van der Waals surface area contributed by atoms with Crippen LogP contribution in [0.25, 0.3) is 0 Å². The summed E-state index contributed by atoms with van der Waals surface area (Å²) >= 11 is 0. The summed E-state index contributed by atoms with van der Waals surface area (Å²) < 4.78 is 8.03. The fraction of sp³-hybridized carbons (Fsp3) is 0.690. The number of methoxy groups -OCH3 is 1. The number of aromatic nitrogens is 2. The number of benzene rings is 1. The molecule has 34 heavy (non-hydrogen) atoms. The zero-order valence-corrected chi connectivity index (χ0v) is 20.9. The number of aliphatic hydroxyl groups is 1. The molecule has 182 valence electrons. The predicted molar refractivity (Wildman–Crippen MR) is 133 cm³/mol. The molecule has 1 aromatic heterocycles. The van der Waals surface area contributed by atoms with Crippen LogP contribution in [0.3, 0.4) is 0 Å². The Balaban J connectivity index is 1.36. The largest absolute Gasteiger partial charge is 0.497 e. The lowest BCUT2D eigenvalue weighted by molar-refractivity contribution is -0.152. The molecule has 0 amide bonds. The Hall–Kier alpha value is -1.85. The zero-order chi connectivity index (χ0) is 23.1. The summed E-state index contributed by atoms with van der Waals surface area (Å²) in [5.74, 6) is 1.74. The SMILES string of the molecule is COc1ccc2c(c1)[C@]13CCN(CC4CC4)[C@H](C2)[C@]1(O)Cc1c(nn(C2CCCCC2)c1C)C3. The molecule has 2 heterocycles. The minimum atomic E-state index is -0.752. The molecule has 0 radical (unpaired) electrons. The van der Waals surface area contributed by atoms with E-state index in [1.54, 1.807) is 7.11 Å². The van der Waals surface area contributed by atoms with Crippen LogP contribution in [-0.2, 0) is 24.7 Å². The van der Waals surface area contributed by atoms with Gasteiger partial charge in [0.15, 0.2) is 0 Å². The van der Waals surface area contributed by atoms with Crippen molar-refractivity contribution in [2.24, 2.45) is 5.92 Å². The third kappa shape index (κ3) is 2.95. The van der Waals surface area contributed by atoms with Gasteiger partial charge >= 0.3 is 0 Å². The number of ether oxygens (including phenoxy) is 1. The van der Waals surface area contributed by atoms with Crippen LogP contribution < -0.4 is 4.74 Å². The number of hydrogen-bond acceptors (Lipinski definition) is 4. The van der Waals surface area contributed by atoms with E-state index in [0.29, 0.717) is 6.04 Å². The van der Waals surface area contributed by atoms with E-state index in [9.17, 15) is 5.11 Å². The molecule has 7 rings (SSSR count). The monoisotopic (exact) mass is 461 g/mol. The number of hydrogen-bond donors (Lipinski definition) is 1. The van der Waals surface area contributed by atoms with E-state index >= 15 is 0 Å². The molecule has 5 heteroatoms.